The van der Waals surface area contributed by atoms with E-state index in [4.69, 9.17) is 4.42 Å². The molecule has 0 aromatic carbocycles. The van der Waals surface area contributed by atoms with Crippen molar-refractivity contribution in [2.24, 2.45) is 0 Å². The molecule has 3 nitrogen and oxygen atoms in total. The zero-order valence-corrected chi connectivity index (χ0v) is 11.7. The molecule has 1 N–H and O–H groups in total. The minimum atomic E-state index is 0.616. The van der Waals surface area contributed by atoms with E-state index in [9.17, 15) is 0 Å². The largest absolute Gasteiger partial charge is 0.468 e. The molecule has 1 aromatic heterocycles. The molecule has 0 aliphatic carbocycles. The molecule has 0 bridgehead atoms. The summed E-state index contributed by atoms with van der Waals surface area (Å²) in [6.45, 7) is 7.79. The highest BCUT2D eigenvalue weighted by atomic mass is 16.3. The quantitative estimate of drug-likeness (QED) is 0.841. The van der Waals surface area contributed by atoms with Crippen molar-refractivity contribution >= 4 is 0 Å². The highest BCUT2D eigenvalue weighted by Crippen LogP contribution is 2.21. The second kappa shape index (κ2) is 6.95. The topological polar surface area (TPSA) is 28.4 Å². The zero-order chi connectivity index (χ0) is 12.8. The second-order valence-electron chi connectivity index (χ2n) is 5.35. The van der Waals surface area contributed by atoms with E-state index in [0.29, 0.717) is 6.04 Å². The molecule has 2 heterocycles. The fourth-order valence-electron chi connectivity index (χ4n) is 2.98. The van der Waals surface area contributed by atoms with Crippen LogP contribution in [0.4, 0.5) is 0 Å². The maximum atomic E-state index is 5.33. The van der Waals surface area contributed by atoms with Gasteiger partial charge in [0.25, 0.3) is 0 Å². The Morgan fingerprint density at radius 2 is 2.39 bits per heavy atom. The molecule has 2 unspecified atom stereocenters. The standard InChI is InChI=1S/C15H26N2O/c1-3-14-7-4-5-9-17(14)13(2)11-16-12-15-8-6-10-18-15/h6,8,10,13-14,16H,3-5,7,9,11-12H2,1-2H3. The Morgan fingerprint density at radius 1 is 1.50 bits per heavy atom. The second-order valence-corrected chi connectivity index (χ2v) is 5.35. The van der Waals surface area contributed by atoms with Crippen molar-refractivity contribution in [3.05, 3.63) is 24.2 Å². The van der Waals surface area contributed by atoms with Crippen LogP contribution in [-0.2, 0) is 6.54 Å². The smallest absolute Gasteiger partial charge is 0.117 e. The Balaban J connectivity index is 1.74. The van der Waals surface area contributed by atoms with E-state index in [2.05, 4.69) is 24.1 Å². The van der Waals surface area contributed by atoms with Crippen LogP contribution in [0, 0.1) is 0 Å². The van der Waals surface area contributed by atoms with E-state index in [1.807, 2.05) is 12.1 Å². The molecule has 3 heteroatoms. The van der Waals surface area contributed by atoms with Crippen LogP contribution in [0.3, 0.4) is 0 Å². The monoisotopic (exact) mass is 250 g/mol. The predicted octanol–water partition coefficient (Wildman–Crippen LogP) is 3.02. The molecule has 1 aliphatic rings. The third kappa shape index (κ3) is 3.59. The van der Waals surface area contributed by atoms with Crippen LogP contribution in [0.15, 0.2) is 22.8 Å². The molecule has 18 heavy (non-hydrogen) atoms. The predicted molar refractivity (Wildman–Crippen MR) is 74.5 cm³/mol. The lowest BCUT2D eigenvalue weighted by Crippen LogP contribution is -2.48. The van der Waals surface area contributed by atoms with Crippen molar-refractivity contribution < 1.29 is 4.42 Å². The highest BCUT2D eigenvalue weighted by Gasteiger charge is 2.24. The molecule has 2 rings (SSSR count). The van der Waals surface area contributed by atoms with Crippen molar-refractivity contribution in [2.45, 2.75) is 58.2 Å². The number of furan rings is 1. The summed E-state index contributed by atoms with van der Waals surface area (Å²) in [7, 11) is 0. The molecule has 1 fully saturated rings. The summed E-state index contributed by atoms with van der Waals surface area (Å²) in [6, 6.07) is 5.37. The third-order valence-corrected chi connectivity index (χ3v) is 4.03. The van der Waals surface area contributed by atoms with E-state index >= 15 is 0 Å². The minimum absolute atomic E-state index is 0.616. The average Bonchev–Trinajstić information content (AvgIpc) is 2.91. The summed E-state index contributed by atoms with van der Waals surface area (Å²) in [6.07, 6.45) is 7.15. The van der Waals surface area contributed by atoms with Crippen LogP contribution in [-0.4, -0.2) is 30.1 Å². The van der Waals surface area contributed by atoms with Gasteiger partial charge in [-0.2, -0.15) is 0 Å². The molecule has 0 radical (unpaired) electrons. The fourth-order valence-corrected chi connectivity index (χ4v) is 2.98. The summed E-state index contributed by atoms with van der Waals surface area (Å²) in [5.74, 6) is 1.02. The first-order valence-corrected chi connectivity index (χ1v) is 7.30. The number of hydrogen-bond acceptors (Lipinski definition) is 3. The molecule has 102 valence electrons. The summed E-state index contributed by atoms with van der Waals surface area (Å²) < 4.78 is 5.33. The molecule has 0 spiro atoms. The van der Waals surface area contributed by atoms with Gasteiger partial charge in [0.05, 0.1) is 12.8 Å². The summed E-state index contributed by atoms with van der Waals surface area (Å²) in [5, 5.41) is 3.49. The lowest BCUT2D eigenvalue weighted by atomic mass is 9.98. The number of likely N-dealkylation sites (tertiary alicyclic amines) is 1. The van der Waals surface area contributed by atoms with E-state index in [0.717, 1.165) is 24.9 Å². The van der Waals surface area contributed by atoms with Crippen LogP contribution in [0.1, 0.15) is 45.3 Å². The summed E-state index contributed by atoms with van der Waals surface area (Å²) in [4.78, 5) is 2.68. The van der Waals surface area contributed by atoms with Gasteiger partial charge in [-0.25, -0.2) is 0 Å². The fraction of sp³-hybridized carbons (Fsp3) is 0.733. The Bertz CT molecular complexity index is 323. The van der Waals surface area contributed by atoms with Gasteiger partial charge >= 0.3 is 0 Å². The van der Waals surface area contributed by atoms with Crippen LogP contribution in [0.2, 0.25) is 0 Å². The molecule has 1 aromatic rings. The summed E-state index contributed by atoms with van der Waals surface area (Å²) in [5.41, 5.74) is 0. The number of nitrogens with one attached hydrogen (secondary N) is 1. The van der Waals surface area contributed by atoms with Gasteiger partial charge in [-0.1, -0.05) is 13.3 Å². The van der Waals surface area contributed by atoms with Crippen LogP contribution >= 0.6 is 0 Å². The SMILES string of the molecule is CCC1CCCCN1C(C)CNCc1ccco1. The maximum absolute atomic E-state index is 5.33. The van der Waals surface area contributed by atoms with Crippen LogP contribution < -0.4 is 5.32 Å². The molecule has 1 saturated heterocycles. The van der Waals surface area contributed by atoms with Crippen molar-refractivity contribution in [3.63, 3.8) is 0 Å². The third-order valence-electron chi connectivity index (χ3n) is 4.03. The van der Waals surface area contributed by atoms with Crippen molar-refractivity contribution in [3.8, 4) is 0 Å². The molecular formula is C15H26N2O. The van der Waals surface area contributed by atoms with Gasteiger partial charge < -0.3 is 9.73 Å². The lowest BCUT2D eigenvalue weighted by Gasteiger charge is -2.39. The van der Waals surface area contributed by atoms with E-state index in [1.165, 1.54) is 32.2 Å². The van der Waals surface area contributed by atoms with E-state index in [1.54, 1.807) is 6.26 Å². The van der Waals surface area contributed by atoms with Crippen molar-refractivity contribution in [1.82, 2.24) is 10.2 Å². The Morgan fingerprint density at radius 3 is 3.11 bits per heavy atom. The van der Waals surface area contributed by atoms with Crippen molar-refractivity contribution in [2.75, 3.05) is 13.1 Å². The van der Waals surface area contributed by atoms with E-state index in [-0.39, 0.29) is 0 Å². The van der Waals surface area contributed by atoms with Crippen LogP contribution in [0.5, 0.6) is 0 Å². The van der Waals surface area contributed by atoms with Gasteiger partial charge in [-0.05, 0) is 44.9 Å². The van der Waals surface area contributed by atoms with Gasteiger partial charge in [-0.15, -0.1) is 0 Å². The molecule has 0 saturated carbocycles. The molecule has 0 amide bonds. The van der Waals surface area contributed by atoms with Gasteiger partial charge in [0.15, 0.2) is 0 Å². The molecular weight excluding hydrogens is 224 g/mol. The van der Waals surface area contributed by atoms with E-state index < -0.39 is 0 Å². The van der Waals surface area contributed by atoms with Gasteiger partial charge in [0.1, 0.15) is 5.76 Å². The first-order chi connectivity index (χ1) is 8.81. The van der Waals surface area contributed by atoms with Gasteiger partial charge in [0.2, 0.25) is 0 Å². The number of piperidine rings is 1. The number of hydrogen-bond donors (Lipinski definition) is 1. The Hall–Kier alpha value is -0.800. The normalized spacial score (nSPS) is 23.1. The summed E-state index contributed by atoms with van der Waals surface area (Å²) >= 11 is 0. The first-order valence-electron chi connectivity index (χ1n) is 7.30. The van der Waals surface area contributed by atoms with Crippen LogP contribution in [0.25, 0.3) is 0 Å². The Labute approximate surface area is 111 Å². The highest BCUT2D eigenvalue weighted by molar-refractivity contribution is 4.97. The minimum Gasteiger partial charge on any atom is -0.468 e. The van der Waals surface area contributed by atoms with Crippen molar-refractivity contribution in [1.29, 1.82) is 0 Å². The van der Waals surface area contributed by atoms with Gasteiger partial charge in [-0.3, -0.25) is 4.90 Å². The average molecular weight is 250 g/mol. The maximum Gasteiger partial charge on any atom is 0.117 e. The molecule has 2 atom stereocenters. The molecule has 1 aliphatic heterocycles. The number of rotatable bonds is 6. The zero-order valence-electron chi connectivity index (χ0n) is 11.7. The number of nitrogens with zero attached hydrogens (tertiary/aromatic N) is 1. The first kappa shape index (κ1) is 13.6. The lowest BCUT2D eigenvalue weighted by molar-refractivity contribution is 0.0988. The Kier molecular flexibility index (Phi) is 5.26. The van der Waals surface area contributed by atoms with Gasteiger partial charge in [0, 0.05) is 18.6 Å².